The second-order valence-corrected chi connectivity index (χ2v) is 8.04. The number of ketones is 1. The number of likely N-dealkylation sites (tertiary alicyclic amines) is 1. The molecule has 1 aliphatic rings. The largest absolute Gasteiger partial charge is 0.507 e. The summed E-state index contributed by atoms with van der Waals surface area (Å²) in [4.78, 5) is 27.3. The van der Waals surface area contributed by atoms with Crippen LogP contribution < -0.4 is 4.74 Å². The first-order chi connectivity index (χ1) is 14.8. The summed E-state index contributed by atoms with van der Waals surface area (Å²) < 4.78 is 10.2. The highest BCUT2D eigenvalue weighted by molar-refractivity contribution is 6.46. The first-order valence-electron chi connectivity index (χ1n) is 9.67. The van der Waals surface area contributed by atoms with Crippen LogP contribution in [0.1, 0.15) is 29.2 Å². The van der Waals surface area contributed by atoms with E-state index in [2.05, 4.69) is 0 Å². The van der Waals surface area contributed by atoms with Crippen LogP contribution >= 0.6 is 23.2 Å². The Morgan fingerprint density at radius 3 is 2.39 bits per heavy atom. The van der Waals surface area contributed by atoms with Gasteiger partial charge < -0.3 is 19.5 Å². The van der Waals surface area contributed by atoms with Gasteiger partial charge in [-0.25, -0.2) is 0 Å². The van der Waals surface area contributed by atoms with Crippen molar-refractivity contribution >= 4 is 40.7 Å². The van der Waals surface area contributed by atoms with Crippen LogP contribution in [-0.4, -0.2) is 49.1 Å². The summed E-state index contributed by atoms with van der Waals surface area (Å²) in [6.07, 6.45) is 0.548. The highest BCUT2D eigenvalue weighted by Crippen LogP contribution is 2.42. The zero-order valence-corrected chi connectivity index (χ0v) is 19.0. The summed E-state index contributed by atoms with van der Waals surface area (Å²) in [6, 6.07) is 9.65. The molecule has 2 aromatic rings. The number of halogens is 2. The molecule has 31 heavy (non-hydrogen) atoms. The molecule has 2 aromatic carbocycles. The number of carbonyl (C=O) groups excluding carboxylic acids is 2. The standard InChI is InChI=1S/C23H23Cl2NO5/c1-13-6-4-7-14(10-13)19-18(21(28)23(29)26(19)8-5-9-30-2)20(27)15-11-16(24)22(31-3)17(25)12-15/h4,6-7,10-12,19,27H,5,8-9H2,1-3H3/b20-18+. The third-order valence-corrected chi connectivity index (χ3v) is 5.68. The molecule has 8 heteroatoms. The maximum Gasteiger partial charge on any atom is 0.295 e. The summed E-state index contributed by atoms with van der Waals surface area (Å²) >= 11 is 12.4. The number of ether oxygens (including phenoxy) is 2. The lowest BCUT2D eigenvalue weighted by atomic mass is 9.94. The van der Waals surface area contributed by atoms with Gasteiger partial charge in [0.2, 0.25) is 0 Å². The number of hydrogen-bond acceptors (Lipinski definition) is 5. The summed E-state index contributed by atoms with van der Waals surface area (Å²) in [7, 11) is 3.00. The molecule has 1 unspecified atom stereocenters. The van der Waals surface area contributed by atoms with Gasteiger partial charge in [-0.2, -0.15) is 0 Å². The lowest BCUT2D eigenvalue weighted by molar-refractivity contribution is -0.140. The van der Waals surface area contributed by atoms with Crippen LogP contribution in [0.15, 0.2) is 42.0 Å². The fraction of sp³-hybridized carbons (Fsp3) is 0.304. The van der Waals surface area contributed by atoms with Crippen molar-refractivity contribution in [2.75, 3.05) is 27.4 Å². The fourth-order valence-corrected chi connectivity index (χ4v) is 4.37. The Kier molecular flexibility index (Phi) is 7.26. The number of benzene rings is 2. The van der Waals surface area contributed by atoms with Crippen LogP contribution in [0.25, 0.3) is 5.76 Å². The van der Waals surface area contributed by atoms with Crippen molar-refractivity contribution in [2.24, 2.45) is 0 Å². The Hall–Kier alpha value is -2.54. The van der Waals surface area contributed by atoms with E-state index in [1.165, 1.54) is 24.1 Å². The Morgan fingerprint density at radius 2 is 1.81 bits per heavy atom. The molecule has 6 nitrogen and oxygen atoms in total. The number of methoxy groups -OCH3 is 2. The van der Waals surface area contributed by atoms with Crippen molar-refractivity contribution in [1.82, 2.24) is 4.90 Å². The van der Waals surface area contributed by atoms with Crippen LogP contribution in [0, 0.1) is 6.92 Å². The van der Waals surface area contributed by atoms with Crippen molar-refractivity contribution in [3.8, 4) is 5.75 Å². The third-order valence-electron chi connectivity index (χ3n) is 5.12. The molecule has 1 heterocycles. The maximum atomic E-state index is 13.0. The molecule has 0 bridgehead atoms. The first-order valence-corrected chi connectivity index (χ1v) is 10.4. The average molecular weight is 464 g/mol. The van der Waals surface area contributed by atoms with Crippen LogP contribution in [0.3, 0.4) is 0 Å². The van der Waals surface area contributed by atoms with E-state index < -0.39 is 17.7 Å². The van der Waals surface area contributed by atoms with E-state index >= 15 is 0 Å². The highest BCUT2D eigenvalue weighted by Gasteiger charge is 2.45. The predicted molar refractivity (Wildman–Crippen MR) is 120 cm³/mol. The number of aliphatic hydroxyl groups excluding tert-OH is 1. The molecule has 164 valence electrons. The van der Waals surface area contributed by atoms with Crippen LogP contribution in [0.4, 0.5) is 0 Å². The number of rotatable bonds is 7. The lowest BCUT2D eigenvalue weighted by Crippen LogP contribution is -2.31. The molecule has 0 spiro atoms. The molecule has 0 saturated carbocycles. The SMILES string of the molecule is COCCCN1C(=O)C(=O)/C(=C(/O)c2cc(Cl)c(OC)c(Cl)c2)C1c1cccc(C)c1. The fourth-order valence-electron chi connectivity index (χ4n) is 3.72. The van der Waals surface area contributed by atoms with Gasteiger partial charge in [-0.1, -0.05) is 53.0 Å². The number of hydrogen-bond donors (Lipinski definition) is 1. The lowest BCUT2D eigenvalue weighted by Gasteiger charge is -2.25. The van der Waals surface area contributed by atoms with Gasteiger partial charge in [-0.15, -0.1) is 0 Å². The molecule has 0 radical (unpaired) electrons. The van der Waals surface area contributed by atoms with Gasteiger partial charge in [0.15, 0.2) is 5.75 Å². The third kappa shape index (κ3) is 4.56. The smallest absolute Gasteiger partial charge is 0.295 e. The minimum Gasteiger partial charge on any atom is -0.507 e. The normalized spacial score (nSPS) is 18.0. The maximum absolute atomic E-state index is 13.0. The molecule has 1 aliphatic heterocycles. The Bertz CT molecular complexity index is 1030. The van der Waals surface area contributed by atoms with Crippen LogP contribution in [0.2, 0.25) is 10.0 Å². The van der Waals surface area contributed by atoms with Crippen molar-refractivity contribution in [2.45, 2.75) is 19.4 Å². The van der Waals surface area contributed by atoms with Gasteiger partial charge in [0.05, 0.1) is 28.8 Å². The topological polar surface area (TPSA) is 76.1 Å². The average Bonchev–Trinajstić information content (AvgIpc) is 2.98. The van der Waals surface area contributed by atoms with E-state index in [4.69, 9.17) is 32.7 Å². The number of nitrogens with zero attached hydrogens (tertiary/aromatic N) is 1. The van der Waals surface area contributed by atoms with Gasteiger partial charge in [0.25, 0.3) is 11.7 Å². The minimum absolute atomic E-state index is 0.00897. The first kappa shape index (κ1) is 23.1. The number of aryl methyl sites for hydroxylation is 1. The predicted octanol–water partition coefficient (Wildman–Crippen LogP) is 4.77. The van der Waals surface area contributed by atoms with E-state index in [0.29, 0.717) is 19.6 Å². The van der Waals surface area contributed by atoms with E-state index in [-0.39, 0.29) is 32.7 Å². The zero-order valence-electron chi connectivity index (χ0n) is 17.4. The van der Waals surface area contributed by atoms with Crippen molar-refractivity contribution in [1.29, 1.82) is 0 Å². The molecule has 1 fully saturated rings. The van der Waals surface area contributed by atoms with Crippen molar-refractivity contribution in [3.05, 3.63) is 68.7 Å². The number of carbonyl (C=O) groups is 2. The van der Waals surface area contributed by atoms with Gasteiger partial charge >= 0.3 is 0 Å². The van der Waals surface area contributed by atoms with Gasteiger partial charge in [0, 0.05) is 25.8 Å². The highest BCUT2D eigenvalue weighted by atomic mass is 35.5. The second-order valence-electron chi connectivity index (χ2n) is 7.23. The molecule has 0 aromatic heterocycles. The Labute approximate surface area is 191 Å². The van der Waals surface area contributed by atoms with Crippen LogP contribution in [-0.2, 0) is 14.3 Å². The summed E-state index contributed by atoms with van der Waals surface area (Å²) in [6.45, 7) is 2.66. The van der Waals surface area contributed by atoms with E-state index in [1.54, 1.807) is 7.11 Å². The van der Waals surface area contributed by atoms with Crippen molar-refractivity contribution in [3.63, 3.8) is 0 Å². The zero-order chi connectivity index (χ0) is 22.7. The molecule has 1 N–H and O–H groups in total. The van der Waals surface area contributed by atoms with E-state index in [0.717, 1.165) is 11.1 Å². The second kappa shape index (κ2) is 9.73. The molecule has 1 amide bonds. The molecule has 0 aliphatic carbocycles. The minimum atomic E-state index is -0.760. The van der Waals surface area contributed by atoms with Crippen LogP contribution in [0.5, 0.6) is 5.75 Å². The van der Waals surface area contributed by atoms with E-state index in [1.807, 2.05) is 31.2 Å². The summed E-state index contributed by atoms with van der Waals surface area (Å²) in [5, 5.41) is 11.5. The summed E-state index contributed by atoms with van der Waals surface area (Å²) in [5.74, 6) is -1.51. The number of amides is 1. The van der Waals surface area contributed by atoms with Gasteiger partial charge in [-0.3, -0.25) is 9.59 Å². The quantitative estimate of drug-likeness (QED) is 0.277. The van der Waals surface area contributed by atoms with E-state index in [9.17, 15) is 14.7 Å². The number of Topliss-reactive ketones (excluding diaryl/α,β-unsaturated/α-hetero) is 1. The number of aliphatic hydroxyl groups is 1. The Balaban J connectivity index is 2.17. The molecular formula is C23H23Cl2NO5. The molecule has 3 rings (SSSR count). The monoisotopic (exact) mass is 463 g/mol. The Morgan fingerprint density at radius 1 is 1.13 bits per heavy atom. The summed E-state index contributed by atoms with van der Waals surface area (Å²) in [5.41, 5.74) is 1.91. The van der Waals surface area contributed by atoms with Gasteiger partial charge in [0.1, 0.15) is 5.76 Å². The molecule has 1 saturated heterocycles. The van der Waals surface area contributed by atoms with Gasteiger partial charge in [-0.05, 0) is 31.0 Å². The van der Waals surface area contributed by atoms with Crippen molar-refractivity contribution < 1.29 is 24.2 Å². The molecular weight excluding hydrogens is 441 g/mol. The molecule has 1 atom stereocenters.